The summed E-state index contributed by atoms with van der Waals surface area (Å²) in [4.78, 5) is 24.8. The quantitative estimate of drug-likeness (QED) is 0.336. The standard InChI is InChI=1S/C19H28O4/c1-4-22-17(20)16(18(21)23-5-2)12(3)19-9-13-6-14(10-19)8-15(7-13)11-19/h13-15H,4-11H2,1-3H3. The minimum Gasteiger partial charge on any atom is -0.462 e. The molecule has 0 aromatic carbocycles. The highest BCUT2D eigenvalue weighted by molar-refractivity contribution is 6.14. The van der Waals surface area contributed by atoms with Gasteiger partial charge in [-0.05, 0) is 88.0 Å². The van der Waals surface area contributed by atoms with Crippen molar-refractivity contribution >= 4 is 11.9 Å². The summed E-state index contributed by atoms with van der Waals surface area (Å²) in [6.07, 6.45) is 7.36. The number of hydrogen-bond donors (Lipinski definition) is 0. The van der Waals surface area contributed by atoms with Crippen LogP contribution < -0.4 is 0 Å². The number of ether oxygens (including phenoxy) is 2. The molecule has 0 unspecified atom stereocenters. The van der Waals surface area contributed by atoms with E-state index in [9.17, 15) is 9.59 Å². The zero-order valence-corrected chi connectivity index (χ0v) is 14.5. The average Bonchev–Trinajstić information content (AvgIpc) is 2.46. The van der Waals surface area contributed by atoms with E-state index in [4.69, 9.17) is 9.47 Å². The molecule has 0 aliphatic heterocycles. The van der Waals surface area contributed by atoms with Crippen LogP contribution in [0.5, 0.6) is 0 Å². The van der Waals surface area contributed by atoms with Crippen molar-refractivity contribution in [2.75, 3.05) is 13.2 Å². The number of esters is 2. The van der Waals surface area contributed by atoms with Gasteiger partial charge in [-0.3, -0.25) is 0 Å². The monoisotopic (exact) mass is 320 g/mol. The van der Waals surface area contributed by atoms with Gasteiger partial charge < -0.3 is 9.47 Å². The topological polar surface area (TPSA) is 52.6 Å². The summed E-state index contributed by atoms with van der Waals surface area (Å²) in [6, 6.07) is 0. The summed E-state index contributed by atoms with van der Waals surface area (Å²) in [7, 11) is 0. The highest BCUT2D eigenvalue weighted by atomic mass is 16.6. The second-order valence-electron chi connectivity index (χ2n) is 7.64. The Bertz CT molecular complexity index is 476. The van der Waals surface area contributed by atoms with Crippen LogP contribution in [-0.4, -0.2) is 25.2 Å². The van der Waals surface area contributed by atoms with Gasteiger partial charge in [0.05, 0.1) is 13.2 Å². The molecule has 4 saturated carbocycles. The van der Waals surface area contributed by atoms with Crippen LogP contribution in [0.3, 0.4) is 0 Å². The van der Waals surface area contributed by atoms with Crippen molar-refractivity contribution in [3.63, 3.8) is 0 Å². The van der Waals surface area contributed by atoms with Crippen molar-refractivity contribution in [3.05, 3.63) is 11.1 Å². The van der Waals surface area contributed by atoms with Gasteiger partial charge >= 0.3 is 11.9 Å². The third-order valence-electron chi connectivity index (χ3n) is 6.17. The molecule has 4 fully saturated rings. The lowest BCUT2D eigenvalue weighted by Gasteiger charge is -2.57. The first-order valence-electron chi connectivity index (χ1n) is 9.04. The molecule has 0 aromatic heterocycles. The number of rotatable bonds is 5. The van der Waals surface area contributed by atoms with Gasteiger partial charge in [-0.25, -0.2) is 9.59 Å². The lowest BCUT2D eigenvalue weighted by molar-refractivity contribution is -0.147. The van der Waals surface area contributed by atoms with Crippen LogP contribution in [0.1, 0.15) is 59.3 Å². The van der Waals surface area contributed by atoms with Crippen molar-refractivity contribution in [2.45, 2.75) is 59.3 Å². The van der Waals surface area contributed by atoms with Crippen molar-refractivity contribution in [1.82, 2.24) is 0 Å². The van der Waals surface area contributed by atoms with Gasteiger partial charge in [0.15, 0.2) is 0 Å². The van der Waals surface area contributed by atoms with Crippen LogP contribution in [0.4, 0.5) is 0 Å². The van der Waals surface area contributed by atoms with Crippen molar-refractivity contribution in [1.29, 1.82) is 0 Å². The van der Waals surface area contributed by atoms with Crippen LogP contribution in [0, 0.1) is 23.2 Å². The Morgan fingerprint density at radius 2 is 1.26 bits per heavy atom. The molecule has 4 heteroatoms. The lowest BCUT2D eigenvalue weighted by Crippen LogP contribution is -2.47. The fourth-order valence-electron chi connectivity index (χ4n) is 5.63. The lowest BCUT2D eigenvalue weighted by atomic mass is 9.47. The van der Waals surface area contributed by atoms with Crippen LogP contribution in [0.2, 0.25) is 0 Å². The summed E-state index contributed by atoms with van der Waals surface area (Å²) >= 11 is 0. The molecule has 4 aliphatic carbocycles. The Morgan fingerprint density at radius 1 is 0.870 bits per heavy atom. The summed E-state index contributed by atoms with van der Waals surface area (Å²) in [5.41, 5.74) is 1.10. The molecule has 0 aromatic rings. The van der Waals surface area contributed by atoms with E-state index in [0.29, 0.717) is 0 Å². The Balaban J connectivity index is 1.97. The van der Waals surface area contributed by atoms with E-state index in [-0.39, 0.29) is 24.2 Å². The maximum Gasteiger partial charge on any atom is 0.345 e. The number of carbonyl (C=O) groups is 2. The number of allylic oxidation sites excluding steroid dienone is 1. The predicted molar refractivity (Wildman–Crippen MR) is 86.6 cm³/mol. The van der Waals surface area contributed by atoms with Gasteiger partial charge in [0, 0.05) is 0 Å². The third kappa shape index (κ3) is 2.92. The SMILES string of the molecule is CCOC(=O)C(C(=O)OCC)=C(C)C12CC3CC(CC(C3)C1)C2. The van der Waals surface area contributed by atoms with Crippen LogP contribution in [0.25, 0.3) is 0 Å². The minimum atomic E-state index is -0.515. The molecule has 0 radical (unpaired) electrons. The van der Waals surface area contributed by atoms with E-state index >= 15 is 0 Å². The molecule has 0 spiro atoms. The van der Waals surface area contributed by atoms with Crippen LogP contribution >= 0.6 is 0 Å². The van der Waals surface area contributed by atoms with Gasteiger partial charge in [-0.2, -0.15) is 0 Å². The van der Waals surface area contributed by atoms with Crippen molar-refractivity contribution in [2.24, 2.45) is 23.2 Å². The fraction of sp³-hybridized carbons (Fsp3) is 0.789. The van der Waals surface area contributed by atoms with Gasteiger partial charge in [0.1, 0.15) is 5.57 Å². The molecular weight excluding hydrogens is 292 g/mol. The molecule has 0 N–H and O–H groups in total. The number of carbonyl (C=O) groups excluding carboxylic acids is 2. The van der Waals surface area contributed by atoms with Crippen LogP contribution in [0.15, 0.2) is 11.1 Å². The molecule has 23 heavy (non-hydrogen) atoms. The normalized spacial score (nSPS) is 34.1. The molecule has 0 heterocycles. The van der Waals surface area contributed by atoms with Gasteiger partial charge in [0.2, 0.25) is 0 Å². The van der Waals surface area contributed by atoms with Crippen molar-refractivity contribution < 1.29 is 19.1 Å². The Hall–Kier alpha value is -1.32. The highest BCUT2D eigenvalue weighted by Crippen LogP contribution is 2.63. The fourth-order valence-corrected chi connectivity index (χ4v) is 5.63. The highest BCUT2D eigenvalue weighted by Gasteiger charge is 2.53. The first-order valence-corrected chi connectivity index (χ1v) is 9.04. The molecule has 4 nitrogen and oxygen atoms in total. The van der Waals surface area contributed by atoms with Gasteiger partial charge in [-0.15, -0.1) is 0 Å². The smallest absolute Gasteiger partial charge is 0.345 e. The van der Waals surface area contributed by atoms with Gasteiger partial charge in [-0.1, -0.05) is 0 Å². The molecule has 128 valence electrons. The molecule has 0 amide bonds. The number of hydrogen-bond acceptors (Lipinski definition) is 4. The molecule has 4 bridgehead atoms. The second-order valence-corrected chi connectivity index (χ2v) is 7.64. The molecule has 4 aliphatic rings. The van der Waals surface area contributed by atoms with E-state index in [1.54, 1.807) is 13.8 Å². The maximum atomic E-state index is 12.4. The first kappa shape index (κ1) is 16.5. The van der Waals surface area contributed by atoms with E-state index in [2.05, 4.69) is 0 Å². The largest absolute Gasteiger partial charge is 0.462 e. The Labute approximate surface area is 138 Å². The van der Waals surface area contributed by atoms with E-state index in [1.165, 1.54) is 19.3 Å². The molecule has 4 rings (SSSR count). The molecule has 0 saturated heterocycles. The maximum absolute atomic E-state index is 12.4. The Kier molecular flexibility index (Phi) is 4.52. The van der Waals surface area contributed by atoms with Crippen LogP contribution in [-0.2, 0) is 19.1 Å². The summed E-state index contributed by atoms with van der Waals surface area (Å²) in [5, 5.41) is 0. The summed E-state index contributed by atoms with van der Waals surface area (Å²) in [5.74, 6) is 1.27. The molecule has 0 atom stereocenters. The van der Waals surface area contributed by atoms with E-state index in [0.717, 1.165) is 42.6 Å². The summed E-state index contributed by atoms with van der Waals surface area (Å²) < 4.78 is 10.3. The van der Waals surface area contributed by atoms with E-state index < -0.39 is 11.9 Å². The minimum absolute atomic E-state index is 0.0175. The summed E-state index contributed by atoms with van der Waals surface area (Å²) in [6.45, 7) is 6.05. The van der Waals surface area contributed by atoms with Crippen molar-refractivity contribution in [3.8, 4) is 0 Å². The zero-order chi connectivity index (χ0) is 16.6. The predicted octanol–water partition coefficient (Wildman–Crippen LogP) is 3.65. The second kappa shape index (κ2) is 6.29. The van der Waals surface area contributed by atoms with Gasteiger partial charge in [0.25, 0.3) is 0 Å². The zero-order valence-electron chi connectivity index (χ0n) is 14.5. The average molecular weight is 320 g/mol. The Morgan fingerprint density at radius 3 is 1.61 bits per heavy atom. The first-order chi connectivity index (χ1) is 11.0. The third-order valence-corrected chi connectivity index (χ3v) is 6.17. The molecular formula is C19H28O4. The van der Waals surface area contributed by atoms with E-state index in [1.807, 2.05) is 6.92 Å².